The van der Waals surface area contributed by atoms with Gasteiger partial charge in [0.05, 0.1) is 5.54 Å². The highest BCUT2D eigenvalue weighted by Gasteiger charge is 2.34. The molecule has 0 aromatic carbocycles. The SMILES string of the molecule is NC1(c2cccs2)CCC1. The molecular formula is C8H11NS. The van der Waals surface area contributed by atoms with Crippen LogP contribution in [0.4, 0.5) is 0 Å². The van der Waals surface area contributed by atoms with Gasteiger partial charge in [-0.1, -0.05) is 6.07 Å². The fourth-order valence-electron chi connectivity index (χ4n) is 1.37. The molecule has 54 valence electrons. The van der Waals surface area contributed by atoms with Crippen LogP contribution in [-0.2, 0) is 5.54 Å². The maximum absolute atomic E-state index is 6.08. The third-order valence-electron chi connectivity index (χ3n) is 2.26. The summed E-state index contributed by atoms with van der Waals surface area (Å²) in [5.74, 6) is 0. The molecule has 1 aliphatic carbocycles. The third kappa shape index (κ3) is 0.796. The van der Waals surface area contributed by atoms with E-state index in [1.807, 2.05) is 0 Å². The average Bonchev–Trinajstić information content (AvgIpc) is 2.33. The van der Waals surface area contributed by atoms with E-state index in [0.29, 0.717) is 0 Å². The Kier molecular flexibility index (Phi) is 1.32. The van der Waals surface area contributed by atoms with Crippen molar-refractivity contribution in [2.45, 2.75) is 24.8 Å². The number of hydrogen-bond donors (Lipinski definition) is 1. The molecule has 0 unspecified atom stereocenters. The van der Waals surface area contributed by atoms with E-state index in [1.165, 1.54) is 24.1 Å². The van der Waals surface area contributed by atoms with Crippen LogP contribution in [-0.4, -0.2) is 0 Å². The number of hydrogen-bond acceptors (Lipinski definition) is 2. The lowest BCUT2D eigenvalue weighted by molar-refractivity contribution is 0.259. The van der Waals surface area contributed by atoms with Gasteiger partial charge in [-0.25, -0.2) is 0 Å². The summed E-state index contributed by atoms with van der Waals surface area (Å²) in [5.41, 5.74) is 6.14. The van der Waals surface area contributed by atoms with Gasteiger partial charge in [0.25, 0.3) is 0 Å². The van der Waals surface area contributed by atoms with Crippen LogP contribution < -0.4 is 5.73 Å². The summed E-state index contributed by atoms with van der Waals surface area (Å²) < 4.78 is 0. The summed E-state index contributed by atoms with van der Waals surface area (Å²) in [6.45, 7) is 0. The van der Waals surface area contributed by atoms with E-state index in [2.05, 4.69) is 17.5 Å². The first-order valence-corrected chi connectivity index (χ1v) is 4.52. The summed E-state index contributed by atoms with van der Waals surface area (Å²) in [4.78, 5) is 1.36. The minimum Gasteiger partial charge on any atom is -0.321 e. The first-order valence-electron chi connectivity index (χ1n) is 3.64. The lowest BCUT2D eigenvalue weighted by Gasteiger charge is -2.37. The van der Waals surface area contributed by atoms with Crippen LogP contribution in [0.2, 0.25) is 0 Å². The summed E-state index contributed by atoms with van der Waals surface area (Å²) in [5, 5.41) is 2.10. The van der Waals surface area contributed by atoms with Crippen molar-refractivity contribution in [2.24, 2.45) is 5.73 Å². The summed E-state index contributed by atoms with van der Waals surface area (Å²) >= 11 is 1.78. The zero-order valence-electron chi connectivity index (χ0n) is 5.84. The van der Waals surface area contributed by atoms with Gasteiger partial charge in [0.1, 0.15) is 0 Å². The molecule has 0 bridgehead atoms. The fourth-order valence-corrected chi connectivity index (χ4v) is 2.27. The van der Waals surface area contributed by atoms with Crippen LogP contribution in [0.1, 0.15) is 24.1 Å². The zero-order valence-corrected chi connectivity index (χ0v) is 6.66. The highest BCUT2D eigenvalue weighted by atomic mass is 32.1. The predicted octanol–water partition coefficient (Wildman–Crippen LogP) is 2.09. The standard InChI is InChI=1S/C8H11NS/c9-8(4-2-5-8)7-3-1-6-10-7/h1,3,6H,2,4-5,9H2. The van der Waals surface area contributed by atoms with E-state index in [9.17, 15) is 0 Å². The minimum absolute atomic E-state index is 0.0637. The first kappa shape index (κ1) is 6.38. The van der Waals surface area contributed by atoms with E-state index in [1.54, 1.807) is 11.3 Å². The molecule has 1 saturated carbocycles. The van der Waals surface area contributed by atoms with Crippen molar-refractivity contribution >= 4 is 11.3 Å². The second-order valence-electron chi connectivity index (χ2n) is 2.99. The van der Waals surface area contributed by atoms with Crippen molar-refractivity contribution in [3.8, 4) is 0 Å². The molecule has 0 atom stereocenters. The molecule has 1 aliphatic rings. The van der Waals surface area contributed by atoms with Crippen molar-refractivity contribution in [3.63, 3.8) is 0 Å². The smallest absolute Gasteiger partial charge is 0.0503 e. The van der Waals surface area contributed by atoms with Crippen LogP contribution in [0.25, 0.3) is 0 Å². The summed E-state index contributed by atoms with van der Waals surface area (Å²) in [6.07, 6.45) is 3.65. The van der Waals surface area contributed by atoms with Crippen LogP contribution in [0.15, 0.2) is 17.5 Å². The van der Waals surface area contributed by atoms with Crippen molar-refractivity contribution < 1.29 is 0 Å². The lowest BCUT2D eigenvalue weighted by atomic mass is 9.77. The molecule has 0 spiro atoms. The van der Waals surface area contributed by atoms with Gasteiger partial charge in [0.15, 0.2) is 0 Å². The van der Waals surface area contributed by atoms with Crippen LogP contribution in [0, 0.1) is 0 Å². The van der Waals surface area contributed by atoms with Gasteiger partial charge in [0, 0.05) is 4.88 Å². The number of thiophene rings is 1. The van der Waals surface area contributed by atoms with Gasteiger partial charge in [-0.3, -0.25) is 0 Å². The van der Waals surface area contributed by atoms with Crippen molar-refractivity contribution in [1.29, 1.82) is 0 Å². The molecule has 2 N–H and O–H groups in total. The molecular weight excluding hydrogens is 142 g/mol. The number of nitrogens with two attached hydrogens (primary N) is 1. The minimum atomic E-state index is 0.0637. The Labute approximate surface area is 64.9 Å². The van der Waals surface area contributed by atoms with Gasteiger partial charge in [0.2, 0.25) is 0 Å². The maximum Gasteiger partial charge on any atom is 0.0503 e. The molecule has 0 amide bonds. The van der Waals surface area contributed by atoms with E-state index in [4.69, 9.17) is 5.73 Å². The van der Waals surface area contributed by atoms with Gasteiger partial charge >= 0.3 is 0 Å². The summed E-state index contributed by atoms with van der Waals surface area (Å²) in [7, 11) is 0. The second kappa shape index (κ2) is 2.07. The highest BCUT2D eigenvalue weighted by Crippen LogP contribution is 2.40. The third-order valence-corrected chi connectivity index (χ3v) is 3.35. The topological polar surface area (TPSA) is 26.0 Å². The molecule has 0 aliphatic heterocycles. The Morgan fingerprint density at radius 2 is 2.30 bits per heavy atom. The maximum atomic E-state index is 6.08. The fraction of sp³-hybridized carbons (Fsp3) is 0.500. The second-order valence-corrected chi connectivity index (χ2v) is 3.93. The molecule has 0 saturated heterocycles. The van der Waals surface area contributed by atoms with Gasteiger partial charge < -0.3 is 5.73 Å². The van der Waals surface area contributed by atoms with Gasteiger partial charge in [-0.2, -0.15) is 0 Å². The van der Waals surface area contributed by atoms with Crippen LogP contribution >= 0.6 is 11.3 Å². The van der Waals surface area contributed by atoms with Crippen molar-refractivity contribution in [1.82, 2.24) is 0 Å². The Morgan fingerprint density at radius 3 is 2.70 bits per heavy atom. The van der Waals surface area contributed by atoms with E-state index in [-0.39, 0.29) is 5.54 Å². The number of rotatable bonds is 1. The largest absolute Gasteiger partial charge is 0.321 e. The van der Waals surface area contributed by atoms with E-state index >= 15 is 0 Å². The monoisotopic (exact) mass is 153 g/mol. The highest BCUT2D eigenvalue weighted by molar-refractivity contribution is 7.10. The average molecular weight is 153 g/mol. The molecule has 1 aromatic heterocycles. The van der Waals surface area contributed by atoms with Gasteiger partial charge in [-0.05, 0) is 30.7 Å². The molecule has 1 fully saturated rings. The molecule has 10 heavy (non-hydrogen) atoms. The zero-order chi connectivity index (χ0) is 7.03. The first-order chi connectivity index (χ1) is 4.81. The quantitative estimate of drug-likeness (QED) is 0.657. The molecule has 2 heteroatoms. The van der Waals surface area contributed by atoms with Crippen molar-refractivity contribution in [2.75, 3.05) is 0 Å². The lowest BCUT2D eigenvalue weighted by Crippen LogP contribution is -2.42. The van der Waals surface area contributed by atoms with E-state index in [0.717, 1.165) is 0 Å². The Morgan fingerprint density at radius 1 is 1.50 bits per heavy atom. The predicted molar refractivity (Wildman–Crippen MR) is 44.0 cm³/mol. The van der Waals surface area contributed by atoms with Gasteiger partial charge in [-0.15, -0.1) is 11.3 Å². The Balaban J connectivity index is 2.27. The van der Waals surface area contributed by atoms with Crippen molar-refractivity contribution in [3.05, 3.63) is 22.4 Å². The molecule has 1 aromatic rings. The molecule has 0 radical (unpaired) electrons. The van der Waals surface area contributed by atoms with Crippen LogP contribution in [0.3, 0.4) is 0 Å². The summed E-state index contributed by atoms with van der Waals surface area (Å²) in [6, 6.07) is 4.22. The molecule has 1 nitrogen and oxygen atoms in total. The van der Waals surface area contributed by atoms with Crippen LogP contribution in [0.5, 0.6) is 0 Å². The van der Waals surface area contributed by atoms with E-state index < -0.39 is 0 Å². The Bertz CT molecular complexity index is 211. The molecule has 2 rings (SSSR count). The molecule has 1 heterocycles. The Hall–Kier alpha value is -0.340. The normalized spacial score (nSPS) is 22.1.